The molecule has 23 heavy (non-hydrogen) atoms. The van der Waals surface area contributed by atoms with Gasteiger partial charge in [-0.15, -0.1) is 0 Å². The molecule has 0 saturated carbocycles. The van der Waals surface area contributed by atoms with Crippen LogP contribution in [0.2, 0.25) is 0 Å². The Hall–Kier alpha value is -2.19. The van der Waals surface area contributed by atoms with Gasteiger partial charge in [-0.3, -0.25) is 9.36 Å². The molecule has 0 saturated heterocycles. The van der Waals surface area contributed by atoms with E-state index in [1.54, 1.807) is 10.9 Å². The number of hydrogen-bond donors (Lipinski definition) is 1. The average molecular weight is 336 g/mol. The summed E-state index contributed by atoms with van der Waals surface area (Å²) in [5, 5.41) is 2.78. The number of carbonyl (C=O) groups is 1. The van der Waals surface area contributed by atoms with E-state index in [1.807, 2.05) is 30.3 Å². The first-order valence-corrected chi connectivity index (χ1v) is 9.01. The van der Waals surface area contributed by atoms with Crippen LogP contribution in [0.25, 0.3) is 5.69 Å². The highest BCUT2D eigenvalue weighted by molar-refractivity contribution is 7.88. The van der Waals surface area contributed by atoms with Crippen molar-refractivity contribution in [2.75, 3.05) is 26.4 Å². The van der Waals surface area contributed by atoms with Crippen LogP contribution in [0.3, 0.4) is 0 Å². The Labute approximate surface area is 136 Å². The Kier molecular flexibility index (Phi) is 5.51. The van der Waals surface area contributed by atoms with Crippen LogP contribution < -0.4 is 5.32 Å². The third kappa shape index (κ3) is 4.64. The maximum atomic E-state index is 12.2. The molecule has 0 aliphatic carbocycles. The van der Waals surface area contributed by atoms with Crippen molar-refractivity contribution >= 4 is 15.9 Å². The van der Waals surface area contributed by atoms with E-state index in [-0.39, 0.29) is 5.91 Å². The third-order valence-electron chi connectivity index (χ3n) is 3.41. The Morgan fingerprint density at radius 1 is 1.30 bits per heavy atom. The molecule has 2 aromatic rings. The quantitative estimate of drug-likeness (QED) is 0.761. The van der Waals surface area contributed by atoms with Gasteiger partial charge >= 0.3 is 0 Å². The minimum Gasteiger partial charge on any atom is -0.351 e. The monoisotopic (exact) mass is 336 g/mol. The molecular formula is C15H20N4O3S. The minimum atomic E-state index is -3.18. The summed E-state index contributed by atoms with van der Waals surface area (Å²) in [5.41, 5.74) is 1.29. The molecule has 124 valence electrons. The summed E-state index contributed by atoms with van der Waals surface area (Å²) in [6.45, 7) is 0.746. The molecule has 0 fully saturated rings. The van der Waals surface area contributed by atoms with Gasteiger partial charge in [-0.05, 0) is 18.6 Å². The highest BCUT2D eigenvalue weighted by Gasteiger charge is 2.13. The molecular weight excluding hydrogens is 316 g/mol. The summed E-state index contributed by atoms with van der Waals surface area (Å²) < 4.78 is 25.5. The minimum absolute atomic E-state index is 0.242. The Morgan fingerprint density at radius 2 is 2.00 bits per heavy atom. The van der Waals surface area contributed by atoms with E-state index >= 15 is 0 Å². The molecule has 0 aliphatic rings. The first-order chi connectivity index (χ1) is 10.9. The first kappa shape index (κ1) is 17.2. The van der Waals surface area contributed by atoms with Gasteiger partial charge in [0.15, 0.2) is 0 Å². The van der Waals surface area contributed by atoms with Crippen LogP contribution in [-0.2, 0) is 10.0 Å². The van der Waals surface area contributed by atoms with Crippen molar-refractivity contribution in [3.63, 3.8) is 0 Å². The highest BCUT2D eigenvalue weighted by atomic mass is 32.2. The van der Waals surface area contributed by atoms with E-state index < -0.39 is 10.0 Å². The molecule has 1 aromatic carbocycles. The van der Waals surface area contributed by atoms with Crippen LogP contribution >= 0.6 is 0 Å². The summed E-state index contributed by atoms with van der Waals surface area (Å²) in [5.74, 6) is -0.242. The van der Waals surface area contributed by atoms with Gasteiger partial charge < -0.3 is 5.32 Å². The number of para-hydroxylation sites is 1. The molecule has 1 heterocycles. The van der Waals surface area contributed by atoms with Crippen LogP contribution in [0.5, 0.6) is 0 Å². The summed E-state index contributed by atoms with van der Waals surface area (Å²) >= 11 is 0. The zero-order valence-electron chi connectivity index (χ0n) is 13.1. The highest BCUT2D eigenvalue weighted by Crippen LogP contribution is 2.10. The van der Waals surface area contributed by atoms with Gasteiger partial charge in [-0.25, -0.2) is 17.7 Å². The van der Waals surface area contributed by atoms with Crippen LogP contribution in [-0.4, -0.2) is 54.6 Å². The van der Waals surface area contributed by atoms with Crippen LogP contribution in [0.1, 0.15) is 16.9 Å². The lowest BCUT2D eigenvalue weighted by Gasteiger charge is -2.14. The molecule has 7 nitrogen and oxygen atoms in total. The fourth-order valence-electron chi connectivity index (χ4n) is 2.02. The van der Waals surface area contributed by atoms with Gasteiger partial charge in [0.25, 0.3) is 5.91 Å². The molecule has 0 bridgehead atoms. The third-order valence-corrected chi connectivity index (χ3v) is 4.72. The molecule has 0 radical (unpaired) electrons. The van der Waals surface area contributed by atoms with Gasteiger partial charge in [0.05, 0.1) is 18.8 Å². The summed E-state index contributed by atoms with van der Waals surface area (Å²) in [6.07, 6.45) is 4.78. The number of nitrogens with one attached hydrogen (secondary N) is 1. The molecule has 0 unspecified atom stereocenters. The Bertz CT molecular complexity index is 756. The number of benzene rings is 1. The SMILES string of the molecule is CN(CCCNC(=O)c1cncn1-c1ccccc1)S(C)(=O)=O. The van der Waals surface area contributed by atoms with E-state index in [1.165, 1.54) is 17.5 Å². The van der Waals surface area contributed by atoms with E-state index in [0.29, 0.717) is 25.2 Å². The number of hydrogen-bond acceptors (Lipinski definition) is 4. The number of rotatable bonds is 7. The lowest BCUT2D eigenvalue weighted by atomic mass is 10.3. The smallest absolute Gasteiger partial charge is 0.269 e. The van der Waals surface area contributed by atoms with Gasteiger partial charge in [0.1, 0.15) is 5.69 Å². The molecule has 2 rings (SSSR count). The summed E-state index contributed by atoms with van der Waals surface area (Å²) in [7, 11) is -1.67. The first-order valence-electron chi connectivity index (χ1n) is 7.17. The number of carbonyl (C=O) groups excluding carboxylic acids is 1. The number of sulfonamides is 1. The molecule has 0 spiro atoms. The fourth-order valence-corrected chi connectivity index (χ4v) is 2.48. The van der Waals surface area contributed by atoms with Gasteiger partial charge in [-0.2, -0.15) is 0 Å². The molecule has 8 heteroatoms. The van der Waals surface area contributed by atoms with E-state index in [9.17, 15) is 13.2 Å². The van der Waals surface area contributed by atoms with Gasteiger partial charge in [0.2, 0.25) is 10.0 Å². The van der Waals surface area contributed by atoms with Crippen molar-refractivity contribution in [1.82, 2.24) is 19.2 Å². The zero-order chi connectivity index (χ0) is 16.9. The summed E-state index contributed by atoms with van der Waals surface area (Å²) in [4.78, 5) is 16.3. The van der Waals surface area contributed by atoms with Crippen molar-refractivity contribution < 1.29 is 13.2 Å². The van der Waals surface area contributed by atoms with Gasteiger partial charge in [-0.1, -0.05) is 18.2 Å². The maximum Gasteiger partial charge on any atom is 0.269 e. The van der Waals surface area contributed by atoms with Gasteiger partial charge in [0, 0.05) is 25.8 Å². The Balaban J connectivity index is 1.92. The average Bonchev–Trinajstić information content (AvgIpc) is 3.00. The second-order valence-corrected chi connectivity index (χ2v) is 7.27. The van der Waals surface area contributed by atoms with E-state index in [0.717, 1.165) is 11.9 Å². The maximum absolute atomic E-state index is 12.2. The molecule has 0 aliphatic heterocycles. The standard InChI is InChI=1S/C15H20N4O3S/c1-18(23(2,21)22)10-6-9-17-15(20)14-11-16-12-19(14)13-7-4-3-5-8-13/h3-5,7-8,11-12H,6,9-10H2,1-2H3,(H,17,20). The molecule has 1 amide bonds. The number of amides is 1. The lowest BCUT2D eigenvalue weighted by molar-refractivity contribution is 0.0946. The van der Waals surface area contributed by atoms with E-state index in [2.05, 4.69) is 10.3 Å². The van der Waals surface area contributed by atoms with Crippen molar-refractivity contribution in [2.45, 2.75) is 6.42 Å². The van der Waals surface area contributed by atoms with Crippen LogP contribution in [0.4, 0.5) is 0 Å². The van der Waals surface area contributed by atoms with Crippen molar-refractivity contribution in [2.24, 2.45) is 0 Å². The van der Waals surface area contributed by atoms with Crippen LogP contribution in [0.15, 0.2) is 42.9 Å². The number of nitrogens with zero attached hydrogens (tertiary/aromatic N) is 3. The van der Waals surface area contributed by atoms with Crippen molar-refractivity contribution in [3.05, 3.63) is 48.5 Å². The second kappa shape index (κ2) is 7.38. The predicted octanol–water partition coefficient (Wildman–Crippen LogP) is 0.884. The Morgan fingerprint density at radius 3 is 2.65 bits per heavy atom. The zero-order valence-corrected chi connectivity index (χ0v) is 14.0. The van der Waals surface area contributed by atoms with Crippen molar-refractivity contribution in [1.29, 1.82) is 0 Å². The summed E-state index contributed by atoms with van der Waals surface area (Å²) in [6, 6.07) is 9.45. The van der Waals surface area contributed by atoms with E-state index in [4.69, 9.17) is 0 Å². The van der Waals surface area contributed by atoms with Crippen molar-refractivity contribution in [3.8, 4) is 5.69 Å². The molecule has 0 atom stereocenters. The molecule has 1 aromatic heterocycles. The number of aromatic nitrogens is 2. The lowest BCUT2D eigenvalue weighted by Crippen LogP contribution is -2.31. The second-order valence-electron chi connectivity index (χ2n) is 5.18. The number of imidazole rings is 1. The normalized spacial score (nSPS) is 11.6. The molecule has 1 N–H and O–H groups in total. The largest absolute Gasteiger partial charge is 0.351 e. The topological polar surface area (TPSA) is 84.3 Å². The predicted molar refractivity (Wildman–Crippen MR) is 88.0 cm³/mol. The fraction of sp³-hybridized carbons (Fsp3) is 0.333. The van der Waals surface area contributed by atoms with Crippen LogP contribution in [0, 0.1) is 0 Å².